The third-order valence-corrected chi connectivity index (χ3v) is 3.14. The van der Waals surface area contributed by atoms with Crippen LogP contribution < -0.4 is 0 Å². The summed E-state index contributed by atoms with van der Waals surface area (Å²) in [6, 6.07) is 0. The molecule has 0 aliphatic carbocycles. The van der Waals surface area contributed by atoms with Gasteiger partial charge in [0.2, 0.25) is 0 Å². The van der Waals surface area contributed by atoms with Crippen molar-refractivity contribution in [2.45, 2.75) is 64.7 Å². The molecule has 0 saturated carbocycles. The van der Waals surface area contributed by atoms with Crippen LogP contribution in [0.1, 0.15) is 64.7 Å². The van der Waals surface area contributed by atoms with E-state index in [2.05, 4.69) is 67.7 Å². The number of allylic oxidation sites excluding steroid dienone is 10. The minimum atomic E-state index is -0.715. The lowest BCUT2D eigenvalue weighted by atomic mass is 10.2. The van der Waals surface area contributed by atoms with Gasteiger partial charge in [-0.2, -0.15) is 0 Å². The Bertz CT molecular complexity index is 412. The maximum Gasteiger partial charge on any atom is 0.303 e. The van der Waals surface area contributed by atoms with Gasteiger partial charge in [-0.25, -0.2) is 0 Å². The predicted octanol–water partition coefficient (Wildman–Crippen LogP) is 6.38. The van der Waals surface area contributed by atoms with E-state index in [4.69, 9.17) is 5.11 Å². The Morgan fingerprint density at radius 1 is 0.696 bits per heavy atom. The maximum absolute atomic E-state index is 10.3. The van der Waals surface area contributed by atoms with Gasteiger partial charge in [-0.3, -0.25) is 4.79 Å². The molecule has 1 N–H and O–H groups in total. The molecule has 128 valence electrons. The van der Waals surface area contributed by atoms with Gasteiger partial charge >= 0.3 is 5.97 Å². The Kier molecular flexibility index (Phi) is 16.8. The van der Waals surface area contributed by atoms with Gasteiger partial charge in [-0.05, 0) is 44.9 Å². The number of carboxylic acids is 1. The Morgan fingerprint density at radius 2 is 1.09 bits per heavy atom. The van der Waals surface area contributed by atoms with Crippen LogP contribution in [-0.2, 0) is 4.79 Å². The van der Waals surface area contributed by atoms with E-state index < -0.39 is 5.97 Å². The highest BCUT2D eigenvalue weighted by atomic mass is 16.4. The van der Waals surface area contributed by atoms with Crippen LogP contribution in [0.3, 0.4) is 0 Å². The number of unbranched alkanes of at least 4 members (excludes halogenated alkanes) is 2. The summed E-state index contributed by atoms with van der Waals surface area (Å²) in [7, 11) is 0. The normalized spacial score (nSPS) is 12.7. The zero-order valence-electron chi connectivity index (χ0n) is 14.5. The fraction of sp³-hybridized carbons (Fsp3) is 0.476. The van der Waals surface area contributed by atoms with Crippen LogP contribution >= 0.6 is 0 Å². The highest BCUT2D eigenvalue weighted by Gasteiger charge is 1.92. The summed E-state index contributed by atoms with van der Waals surface area (Å²) in [5.41, 5.74) is 0. The first-order chi connectivity index (χ1) is 11.3. The summed E-state index contributed by atoms with van der Waals surface area (Å²) in [4.78, 5) is 10.3. The summed E-state index contributed by atoms with van der Waals surface area (Å²) >= 11 is 0. The number of aliphatic carboxylic acids is 1. The molecule has 0 aliphatic rings. The average molecular weight is 316 g/mol. The first-order valence-electron chi connectivity index (χ1n) is 8.74. The second-order valence-electron chi connectivity index (χ2n) is 5.37. The molecule has 0 fully saturated rings. The summed E-state index contributed by atoms with van der Waals surface area (Å²) in [6.07, 6.45) is 29.9. The molecule has 0 heterocycles. The Labute approximate surface area is 142 Å². The van der Waals surface area contributed by atoms with Crippen molar-refractivity contribution >= 4 is 5.97 Å². The van der Waals surface area contributed by atoms with Gasteiger partial charge in [0.05, 0.1) is 0 Å². The first kappa shape index (κ1) is 21.2. The van der Waals surface area contributed by atoms with Crippen molar-refractivity contribution in [2.75, 3.05) is 0 Å². The lowest BCUT2D eigenvalue weighted by Crippen LogP contribution is -1.92. The van der Waals surface area contributed by atoms with Crippen molar-refractivity contribution in [3.8, 4) is 0 Å². The van der Waals surface area contributed by atoms with Crippen molar-refractivity contribution in [3.05, 3.63) is 60.8 Å². The smallest absolute Gasteiger partial charge is 0.303 e. The summed E-state index contributed by atoms with van der Waals surface area (Å²) in [6.45, 7) is 2.19. The molecule has 0 saturated heterocycles. The Hall–Kier alpha value is -1.83. The molecule has 0 bridgehead atoms. The number of rotatable bonds is 14. The second-order valence-corrected chi connectivity index (χ2v) is 5.37. The van der Waals surface area contributed by atoms with E-state index in [0.717, 1.165) is 38.5 Å². The van der Waals surface area contributed by atoms with E-state index in [1.165, 1.54) is 12.8 Å². The molecule has 0 spiro atoms. The van der Waals surface area contributed by atoms with E-state index >= 15 is 0 Å². The van der Waals surface area contributed by atoms with Gasteiger partial charge in [0.15, 0.2) is 0 Å². The zero-order chi connectivity index (χ0) is 17.0. The average Bonchev–Trinajstić information content (AvgIpc) is 2.53. The SMILES string of the molecule is CCCC=CCC=CCC=CCC=CCC=CCCCC(=O)O. The van der Waals surface area contributed by atoms with Crippen molar-refractivity contribution in [1.82, 2.24) is 0 Å². The summed E-state index contributed by atoms with van der Waals surface area (Å²) < 4.78 is 0. The number of hydrogen-bond donors (Lipinski definition) is 1. The highest BCUT2D eigenvalue weighted by molar-refractivity contribution is 5.66. The quantitative estimate of drug-likeness (QED) is 0.298. The molecule has 2 nitrogen and oxygen atoms in total. The third-order valence-electron chi connectivity index (χ3n) is 3.14. The van der Waals surface area contributed by atoms with Crippen molar-refractivity contribution in [2.24, 2.45) is 0 Å². The number of carbonyl (C=O) groups is 1. The maximum atomic E-state index is 10.3. The topological polar surface area (TPSA) is 37.3 Å². The van der Waals surface area contributed by atoms with Gasteiger partial charge in [0, 0.05) is 6.42 Å². The van der Waals surface area contributed by atoms with Crippen LogP contribution in [0.25, 0.3) is 0 Å². The molecule has 0 aliphatic heterocycles. The Balaban J connectivity index is 3.46. The third kappa shape index (κ3) is 20.2. The van der Waals surface area contributed by atoms with E-state index in [-0.39, 0.29) is 6.42 Å². The molecule has 0 aromatic rings. The monoisotopic (exact) mass is 316 g/mol. The Morgan fingerprint density at radius 3 is 1.48 bits per heavy atom. The molecule has 0 amide bonds. The van der Waals surface area contributed by atoms with E-state index in [9.17, 15) is 4.79 Å². The van der Waals surface area contributed by atoms with E-state index in [1.54, 1.807) is 0 Å². The first-order valence-corrected chi connectivity index (χ1v) is 8.74. The fourth-order valence-electron chi connectivity index (χ4n) is 1.86. The standard InChI is InChI=1S/C21H32O2/c1-2-3-4-5-6-7-8-9-10-11-12-13-14-15-16-17-18-19-20-21(22)23/h4-5,7-8,10-11,13-14,16-17H,2-3,6,9,12,15,18-20H2,1H3,(H,22,23). The second kappa shape index (κ2) is 18.2. The lowest BCUT2D eigenvalue weighted by Gasteiger charge is -1.89. The number of hydrogen-bond acceptors (Lipinski definition) is 1. The van der Waals surface area contributed by atoms with Crippen LogP contribution in [0, 0.1) is 0 Å². The molecule has 0 unspecified atom stereocenters. The predicted molar refractivity (Wildman–Crippen MR) is 101 cm³/mol. The minimum absolute atomic E-state index is 0.258. The van der Waals surface area contributed by atoms with Gasteiger partial charge in [-0.15, -0.1) is 0 Å². The molecule has 0 atom stereocenters. The molecule has 23 heavy (non-hydrogen) atoms. The van der Waals surface area contributed by atoms with Crippen LogP contribution in [0.2, 0.25) is 0 Å². The fourth-order valence-corrected chi connectivity index (χ4v) is 1.86. The van der Waals surface area contributed by atoms with Crippen molar-refractivity contribution in [1.29, 1.82) is 0 Å². The van der Waals surface area contributed by atoms with Crippen LogP contribution in [-0.4, -0.2) is 11.1 Å². The zero-order valence-corrected chi connectivity index (χ0v) is 14.5. The van der Waals surface area contributed by atoms with Crippen LogP contribution in [0.4, 0.5) is 0 Å². The highest BCUT2D eigenvalue weighted by Crippen LogP contribution is 1.99. The lowest BCUT2D eigenvalue weighted by molar-refractivity contribution is -0.137. The van der Waals surface area contributed by atoms with Crippen molar-refractivity contribution < 1.29 is 9.90 Å². The summed E-state index contributed by atoms with van der Waals surface area (Å²) in [5, 5.41) is 8.50. The number of carboxylic acid groups (broad SMARTS) is 1. The van der Waals surface area contributed by atoms with Crippen LogP contribution in [0.15, 0.2) is 60.8 Å². The summed E-state index contributed by atoms with van der Waals surface area (Å²) in [5.74, 6) is -0.715. The molecule has 0 aromatic heterocycles. The molecule has 0 aromatic carbocycles. The van der Waals surface area contributed by atoms with Crippen molar-refractivity contribution in [3.63, 3.8) is 0 Å². The minimum Gasteiger partial charge on any atom is -0.481 e. The molecule has 2 heteroatoms. The van der Waals surface area contributed by atoms with Gasteiger partial charge in [0.25, 0.3) is 0 Å². The molecular formula is C21H32O2. The van der Waals surface area contributed by atoms with E-state index in [1.807, 2.05) is 0 Å². The molecule has 0 radical (unpaired) electrons. The molecular weight excluding hydrogens is 284 g/mol. The van der Waals surface area contributed by atoms with Gasteiger partial charge in [0.1, 0.15) is 0 Å². The largest absolute Gasteiger partial charge is 0.481 e. The van der Waals surface area contributed by atoms with E-state index in [0.29, 0.717) is 0 Å². The van der Waals surface area contributed by atoms with Crippen LogP contribution in [0.5, 0.6) is 0 Å². The van der Waals surface area contributed by atoms with Gasteiger partial charge < -0.3 is 5.11 Å². The van der Waals surface area contributed by atoms with Gasteiger partial charge in [-0.1, -0.05) is 74.1 Å². The molecule has 0 rings (SSSR count).